The number of fused-ring (bicyclic) bond motifs is 1. The maximum Gasteiger partial charge on any atom is 0.255 e. The number of carbonyl (C=O) groups is 3. The lowest BCUT2D eigenvalue weighted by atomic mass is 9.72. The van der Waals surface area contributed by atoms with Gasteiger partial charge in [0.05, 0.1) is 0 Å². The average molecular weight is 606 g/mol. The molecule has 2 atom stereocenters. The molecule has 0 spiro atoms. The first kappa shape index (κ1) is 29.5. The molecule has 0 saturated carbocycles. The molecule has 0 aromatic heterocycles. The normalized spacial score (nSPS) is 24.9. The van der Waals surface area contributed by atoms with E-state index in [-0.39, 0.29) is 24.1 Å². The number of imide groups is 1. The molecular weight excluding hydrogens is 566 g/mol. The van der Waals surface area contributed by atoms with Crippen molar-refractivity contribution in [3.8, 4) is 0 Å². The third kappa shape index (κ3) is 6.48. The maximum absolute atomic E-state index is 13.1. The highest BCUT2D eigenvalue weighted by molar-refractivity contribution is 8.00. The molecule has 2 aromatic rings. The topological polar surface area (TPSA) is 69.7 Å². The third-order valence-electron chi connectivity index (χ3n) is 9.36. The lowest BCUT2D eigenvalue weighted by Crippen LogP contribution is -2.52. The van der Waals surface area contributed by atoms with Gasteiger partial charge >= 0.3 is 0 Å². The molecule has 4 aliphatic rings. The first-order valence-corrected chi connectivity index (χ1v) is 16.5. The summed E-state index contributed by atoms with van der Waals surface area (Å²) in [5.41, 5.74) is 6.39. The molecule has 2 saturated heterocycles. The number of rotatable bonds is 6. The van der Waals surface area contributed by atoms with Crippen LogP contribution in [0.4, 0.5) is 0 Å². The maximum atomic E-state index is 13.1. The molecule has 3 aliphatic heterocycles. The Morgan fingerprint density at radius 3 is 2.60 bits per heavy atom. The largest absolute Gasteiger partial charge is 0.322 e. The van der Waals surface area contributed by atoms with Crippen LogP contribution in [-0.2, 0) is 16.1 Å². The number of hydrogen-bond acceptors (Lipinski definition) is 5. The fourth-order valence-corrected chi connectivity index (χ4v) is 8.33. The molecular formula is C34H40ClN3O3S. The van der Waals surface area contributed by atoms with Gasteiger partial charge < -0.3 is 4.90 Å². The number of nitrogens with one attached hydrogen (secondary N) is 1. The summed E-state index contributed by atoms with van der Waals surface area (Å²) in [6.45, 7) is 8.45. The van der Waals surface area contributed by atoms with Gasteiger partial charge in [-0.2, -0.15) is 0 Å². The predicted molar refractivity (Wildman–Crippen MR) is 168 cm³/mol. The molecule has 0 bridgehead atoms. The van der Waals surface area contributed by atoms with Gasteiger partial charge in [0.15, 0.2) is 0 Å². The van der Waals surface area contributed by atoms with E-state index >= 15 is 0 Å². The van der Waals surface area contributed by atoms with E-state index in [9.17, 15) is 14.4 Å². The first-order chi connectivity index (χ1) is 20.1. The molecule has 8 heteroatoms. The van der Waals surface area contributed by atoms with E-state index < -0.39 is 6.04 Å². The highest BCUT2D eigenvalue weighted by atomic mass is 35.5. The number of allylic oxidation sites excluding steroid dienone is 1. The second kappa shape index (κ2) is 12.2. The van der Waals surface area contributed by atoms with Crippen molar-refractivity contribution in [3.63, 3.8) is 0 Å². The molecule has 2 aromatic carbocycles. The molecule has 6 rings (SSSR count). The summed E-state index contributed by atoms with van der Waals surface area (Å²) in [4.78, 5) is 42.5. The van der Waals surface area contributed by atoms with Gasteiger partial charge in [-0.25, -0.2) is 0 Å². The summed E-state index contributed by atoms with van der Waals surface area (Å²) in [5.74, 6) is -0.736. The Hall–Kier alpha value is -2.61. The van der Waals surface area contributed by atoms with Gasteiger partial charge in [0, 0.05) is 40.2 Å². The molecule has 1 aliphatic carbocycles. The summed E-state index contributed by atoms with van der Waals surface area (Å²) >= 11 is 8.13. The van der Waals surface area contributed by atoms with Gasteiger partial charge in [0.1, 0.15) is 6.04 Å². The van der Waals surface area contributed by atoms with Gasteiger partial charge in [-0.3, -0.25) is 24.6 Å². The van der Waals surface area contributed by atoms with Crippen molar-refractivity contribution >= 4 is 46.7 Å². The SMILES string of the molecule is CC1(C)CCC(CN2CCCC(Sc3ccc4c(c3)CN(C3CCC(=O)NC3=O)C4=O)CC2)=C(c2ccc(Cl)cc2)C1. The summed E-state index contributed by atoms with van der Waals surface area (Å²) in [6, 6.07) is 13.9. The number of amides is 3. The Morgan fingerprint density at radius 2 is 1.81 bits per heavy atom. The van der Waals surface area contributed by atoms with Crippen molar-refractivity contribution in [2.24, 2.45) is 5.41 Å². The van der Waals surface area contributed by atoms with E-state index in [0.29, 0.717) is 29.2 Å². The number of piperidine rings is 1. The lowest BCUT2D eigenvalue weighted by molar-refractivity contribution is -0.136. The monoisotopic (exact) mass is 605 g/mol. The molecule has 3 heterocycles. The van der Waals surface area contributed by atoms with E-state index in [1.165, 1.54) is 35.3 Å². The minimum absolute atomic E-state index is 0.112. The minimum Gasteiger partial charge on any atom is -0.322 e. The molecule has 6 nitrogen and oxygen atoms in total. The van der Waals surface area contributed by atoms with Crippen LogP contribution in [0.15, 0.2) is 52.9 Å². The number of likely N-dealkylation sites (tertiary alicyclic amines) is 1. The predicted octanol–water partition coefficient (Wildman–Crippen LogP) is 6.71. The van der Waals surface area contributed by atoms with Crippen LogP contribution >= 0.6 is 23.4 Å². The summed E-state index contributed by atoms with van der Waals surface area (Å²) in [6.07, 6.45) is 7.65. The van der Waals surface area contributed by atoms with E-state index in [1.807, 2.05) is 30.0 Å². The second-order valence-corrected chi connectivity index (χ2v) is 14.9. The molecule has 1 N–H and O–H groups in total. The molecule has 0 radical (unpaired) electrons. The lowest BCUT2D eigenvalue weighted by Gasteiger charge is -2.35. The van der Waals surface area contributed by atoms with Crippen molar-refractivity contribution in [2.75, 3.05) is 19.6 Å². The number of halogens is 1. The van der Waals surface area contributed by atoms with Crippen molar-refractivity contribution in [1.29, 1.82) is 0 Å². The van der Waals surface area contributed by atoms with Crippen LogP contribution in [0, 0.1) is 5.41 Å². The standard InChI is InChI=1S/C34H40ClN3O3S/c1-34(2)15-13-23(29(19-34)22-5-7-25(35)8-6-22)20-37-16-3-4-26(14-17-37)42-27-9-10-28-24(18-27)21-38(33(28)41)30-11-12-31(39)36-32(30)40/h5-10,18,26,30H,3-4,11-17,19-21H2,1-2H3,(H,36,39,40). The van der Waals surface area contributed by atoms with Crippen LogP contribution < -0.4 is 5.32 Å². The van der Waals surface area contributed by atoms with Crippen LogP contribution in [0.1, 0.15) is 86.7 Å². The fourth-order valence-electron chi connectivity index (χ4n) is 6.95. The van der Waals surface area contributed by atoms with Gasteiger partial charge in [0.25, 0.3) is 5.91 Å². The Kier molecular flexibility index (Phi) is 8.54. The zero-order valence-corrected chi connectivity index (χ0v) is 26.2. The van der Waals surface area contributed by atoms with Crippen molar-refractivity contribution in [1.82, 2.24) is 15.1 Å². The van der Waals surface area contributed by atoms with Gasteiger partial charge in [-0.05, 0) is 110 Å². The van der Waals surface area contributed by atoms with Crippen LogP contribution in [-0.4, -0.2) is 58.4 Å². The summed E-state index contributed by atoms with van der Waals surface area (Å²) in [5, 5.41) is 3.70. The Labute approximate surface area is 258 Å². The highest BCUT2D eigenvalue weighted by Crippen LogP contribution is 2.43. The zero-order valence-electron chi connectivity index (χ0n) is 24.6. The Morgan fingerprint density at radius 1 is 1.00 bits per heavy atom. The van der Waals surface area contributed by atoms with E-state index in [4.69, 9.17) is 11.6 Å². The van der Waals surface area contributed by atoms with Gasteiger partial charge in [-0.15, -0.1) is 11.8 Å². The van der Waals surface area contributed by atoms with E-state index in [1.54, 1.807) is 10.5 Å². The number of hydrogen-bond donors (Lipinski definition) is 1. The van der Waals surface area contributed by atoms with Crippen molar-refractivity contribution in [2.45, 2.75) is 87.9 Å². The summed E-state index contributed by atoms with van der Waals surface area (Å²) < 4.78 is 0. The number of nitrogens with zero attached hydrogens (tertiary/aromatic N) is 2. The second-order valence-electron chi connectivity index (χ2n) is 13.1. The quantitative estimate of drug-likeness (QED) is 0.371. The van der Waals surface area contributed by atoms with Crippen LogP contribution in [0.25, 0.3) is 5.57 Å². The van der Waals surface area contributed by atoms with E-state index in [0.717, 1.165) is 49.5 Å². The Bertz CT molecular complexity index is 1420. The van der Waals surface area contributed by atoms with Crippen molar-refractivity contribution in [3.05, 3.63) is 69.8 Å². The molecule has 2 fully saturated rings. The number of benzene rings is 2. The smallest absolute Gasteiger partial charge is 0.255 e. The molecule has 42 heavy (non-hydrogen) atoms. The number of carbonyl (C=O) groups excluding carboxylic acids is 3. The highest BCUT2D eigenvalue weighted by Gasteiger charge is 2.39. The van der Waals surface area contributed by atoms with Gasteiger partial charge in [-0.1, -0.05) is 43.2 Å². The van der Waals surface area contributed by atoms with Crippen molar-refractivity contribution < 1.29 is 14.4 Å². The average Bonchev–Trinajstić information content (AvgIpc) is 3.11. The van der Waals surface area contributed by atoms with Crippen LogP contribution in [0.2, 0.25) is 5.02 Å². The molecule has 222 valence electrons. The third-order valence-corrected chi connectivity index (χ3v) is 10.9. The zero-order chi connectivity index (χ0) is 29.4. The number of thioether (sulfide) groups is 1. The fraction of sp³-hybridized carbons (Fsp3) is 0.500. The summed E-state index contributed by atoms with van der Waals surface area (Å²) in [7, 11) is 0. The van der Waals surface area contributed by atoms with Crippen LogP contribution in [0.5, 0.6) is 0 Å². The molecule has 2 unspecified atom stereocenters. The molecule has 3 amide bonds. The Balaban J connectivity index is 1.09. The van der Waals surface area contributed by atoms with Crippen LogP contribution in [0.3, 0.4) is 0 Å². The van der Waals surface area contributed by atoms with Gasteiger partial charge in [0.2, 0.25) is 11.8 Å². The first-order valence-electron chi connectivity index (χ1n) is 15.3. The van der Waals surface area contributed by atoms with E-state index in [2.05, 4.69) is 48.3 Å². The minimum atomic E-state index is -0.572.